The van der Waals surface area contributed by atoms with Gasteiger partial charge in [0.2, 0.25) is 0 Å². The summed E-state index contributed by atoms with van der Waals surface area (Å²) < 4.78 is 7.72. The Morgan fingerprint density at radius 3 is 2.64 bits per heavy atom. The third-order valence-electron chi connectivity index (χ3n) is 4.76. The molecule has 0 saturated carbocycles. The lowest BCUT2D eigenvalue weighted by Crippen LogP contribution is -2.41. The summed E-state index contributed by atoms with van der Waals surface area (Å²) >= 11 is 1.60. The summed E-state index contributed by atoms with van der Waals surface area (Å²) in [4.78, 5) is 14.7. The van der Waals surface area contributed by atoms with E-state index in [1.54, 1.807) is 24.3 Å². The zero-order chi connectivity index (χ0) is 20.3. The van der Waals surface area contributed by atoms with Crippen LogP contribution in [0.15, 0.2) is 41.2 Å². The van der Waals surface area contributed by atoms with Gasteiger partial charge in [-0.15, -0.1) is 11.3 Å². The lowest BCUT2D eigenvalue weighted by atomic mass is 10.1. The molecular weight excluding hydrogens is 374 g/mol. The summed E-state index contributed by atoms with van der Waals surface area (Å²) in [5.74, 6) is 0.572. The number of nitrogens with zero attached hydrogens (tertiary/aromatic N) is 1. The van der Waals surface area contributed by atoms with Crippen LogP contribution in [0.1, 0.15) is 25.8 Å². The molecule has 6 heteroatoms. The molecular formula is C22H27NO4S. The van der Waals surface area contributed by atoms with Gasteiger partial charge < -0.3 is 14.9 Å². The molecule has 2 N–H and O–H groups in total. The number of aliphatic hydroxyl groups excluding tert-OH is 2. The molecule has 1 aromatic heterocycles. The molecule has 2 atom stereocenters. The summed E-state index contributed by atoms with van der Waals surface area (Å²) in [6, 6.07) is 11.3. The van der Waals surface area contributed by atoms with Gasteiger partial charge in [0.1, 0.15) is 24.7 Å². The molecule has 0 aliphatic heterocycles. The summed E-state index contributed by atoms with van der Waals surface area (Å²) in [6.07, 6.45) is -0.456. The molecule has 3 aromatic rings. The third kappa shape index (κ3) is 4.52. The van der Waals surface area contributed by atoms with Gasteiger partial charge >= 0.3 is 0 Å². The molecule has 2 aromatic carbocycles. The van der Waals surface area contributed by atoms with Crippen molar-refractivity contribution in [2.24, 2.45) is 0 Å². The van der Waals surface area contributed by atoms with Crippen LogP contribution in [0.4, 0.5) is 0 Å². The van der Waals surface area contributed by atoms with Gasteiger partial charge in [0, 0.05) is 33.3 Å². The zero-order valence-electron chi connectivity index (χ0n) is 16.5. The molecule has 0 saturated heterocycles. The molecule has 0 radical (unpaired) electrons. The summed E-state index contributed by atoms with van der Waals surface area (Å²) in [5.41, 5.74) is 0.980. The summed E-state index contributed by atoms with van der Waals surface area (Å²) in [5, 5.41) is 21.4. The average Bonchev–Trinajstić information content (AvgIpc) is 2.67. The van der Waals surface area contributed by atoms with Gasteiger partial charge in [0.05, 0.1) is 0 Å². The highest BCUT2D eigenvalue weighted by molar-refractivity contribution is 7.24. The lowest BCUT2D eigenvalue weighted by molar-refractivity contribution is -0.0201. The average molecular weight is 402 g/mol. The summed E-state index contributed by atoms with van der Waals surface area (Å²) in [7, 11) is 0. The molecule has 5 nitrogen and oxygen atoms in total. The minimum atomic E-state index is -0.733. The second-order valence-corrected chi connectivity index (χ2v) is 8.19. The Kier molecular flexibility index (Phi) is 6.67. The van der Waals surface area contributed by atoms with E-state index >= 15 is 0 Å². The van der Waals surface area contributed by atoms with Crippen molar-refractivity contribution in [3.05, 3.63) is 52.2 Å². The maximum Gasteiger partial charge on any atom is 0.196 e. The van der Waals surface area contributed by atoms with Gasteiger partial charge in [-0.25, -0.2) is 0 Å². The van der Waals surface area contributed by atoms with Crippen molar-refractivity contribution >= 4 is 31.5 Å². The molecule has 0 fully saturated rings. The van der Waals surface area contributed by atoms with Crippen LogP contribution in [0.2, 0.25) is 0 Å². The normalized spacial score (nSPS) is 13.9. The maximum absolute atomic E-state index is 12.9. The Morgan fingerprint density at radius 2 is 1.93 bits per heavy atom. The second-order valence-electron chi connectivity index (χ2n) is 7.14. The van der Waals surface area contributed by atoms with Gasteiger partial charge in [0.25, 0.3) is 0 Å². The van der Waals surface area contributed by atoms with E-state index in [1.807, 2.05) is 49.1 Å². The van der Waals surface area contributed by atoms with Crippen molar-refractivity contribution in [2.75, 3.05) is 19.7 Å². The second kappa shape index (κ2) is 9.01. The van der Waals surface area contributed by atoms with Gasteiger partial charge in [-0.3, -0.25) is 9.69 Å². The Bertz CT molecular complexity index is 1010. The largest absolute Gasteiger partial charge is 0.491 e. The predicted molar refractivity (Wildman–Crippen MR) is 115 cm³/mol. The molecule has 0 bridgehead atoms. The van der Waals surface area contributed by atoms with E-state index in [0.717, 1.165) is 21.4 Å². The van der Waals surface area contributed by atoms with Gasteiger partial charge in [-0.05, 0) is 50.1 Å². The first kappa shape index (κ1) is 20.7. The molecule has 0 aliphatic carbocycles. The molecule has 0 aliphatic rings. The number of benzene rings is 2. The van der Waals surface area contributed by atoms with Crippen LogP contribution in [-0.4, -0.2) is 47.1 Å². The quantitative estimate of drug-likeness (QED) is 0.446. The van der Waals surface area contributed by atoms with Crippen LogP contribution in [0.3, 0.4) is 0 Å². The van der Waals surface area contributed by atoms with E-state index in [9.17, 15) is 15.0 Å². The van der Waals surface area contributed by atoms with Crippen molar-refractivity contribution in [3.63, 3.8) is 0 Å². The van der Waals surface area contributed by atoms with E-state index < -0.39 is 12.3 Å². The van der Waals surface area contributed by atoms with E-state index in [2.05, 4.69) is 0 Å². The van der Waals surface area contributed by atoms with Gasteiger partial charge in [0.15, 0.2) is 5.43 Å². The highest BCUT2D eigenvalue weighted by atomic mass is 32.1. The molecule has 28 heavy (non-hydrogen) atoms. The molecule has 0 spiro atoms. The van der Waals surface area contributed by atoms with Crippen LogP contribution in [0.25, 0.3) is 20.2 Å². The highest BCUT2D eigenvalue weighted by Crippen LogP contribution is 2.30. The van der Waals surface area contributed by atoms with Crippen molar-refractivity contribution in [1.29, 1.82) is 0 Å². The number of hydrogen-bond acceptors (Lipinski definition) is 6. The lowest BCUT2D eigenvalue weighted by Gasteiger charge is -2.27. The minimum Gasteiger partial charge on any atom is -0.491 e. The zero-order valence-corrected chi connectivity index (χ0v) is 17.3. The predicted octanol–water partition coefficient (Wildman–Crippen LogP) is 3.51. The van der Waals surface area contributed by atoms with Crippen LogP contribution in [0.5, 0.6) is 5.75 Å². The van der Waals surface area contributed by atoms with Crippen LogP contribution < -0.4 is 10.2 Å². The molecule has 1 heterocycles. The van der Waals surface area contributed by atoms with Crippen LogP contribution in [-0.2, 0) is 0 Å². The van der Waals surface area contributed by atoms with E-state index in [-0.39, 0.29) is 12.0 Å². The molecule has 3 rings (SSSR count). The number of rotatable bonds is 8. The van der Waals surface area contributed by atoms with Crippen molar-refractivity contribution in [2.45, 2.75) is 39.5 Å². The van der Waals surface area contributed by atoms with Crippen molar-refractivity contribution < 1.29 is 14.9 Å². The van der Waals surface area contributed by atoms with E-state index in [4.69, 9.17) is 4.74 Å². The van der Waals surface area contributed by atoms with Crippen molar-refractivity contribution in [3.8, 4) is 5.75 Å². The minimum absolute atomic E-state index is 0.00155. The van der Waals surface area contributed by atoms with E-state index in [0.29, 0.717) is 29.6 Å². The van der Waals surface area contributed by atoms with E-state index in [1.165, 1.54) is 0 Å². The smallest absolute Gasteiger partial charge is 0.196 e. The molecule has 2 unspecified atom stereocenters. The number of aliphatic hydroxyl groups is 2. The Labute approximate surface area is 168 Å². The number of hydrogen-bond donors (Lipinski definition) is 2. The van der Waals surface area contributed by atoms with Gasteiger partial charge in [-0.1, -0.05) is 19.1 Å². The number of aryl methyl sites for hydroxylation is 1. The van der Waals surface area contributed by atoms with Crippen molar-refractivity contribution in [1.82, 2.24) is 4.90 Å². The first-order valence-corrected chi connectivity index (χ1v) is 10.4. The fourth-order valence-electron chi connectivity index (χ4n) is 3.36. The Morgan fingerprint density at radius 1 is 1.18 bits per heavy atom. The summed E-state index contributed by atoms with van der Waals surface area (Å²) in [6.45, 7) is 6.82. The number of fused-ring (bicyclic) bond motifs is 2. The molecule has 0 amide bonds. The first-order valence-electron chi connectivity index (χ1n) is 9.60. The van der Waals surface area contributed by atoms with Gasteiger partial charge in [-0.2, -0.15) is 0 Å². The Balaban J connectivity index is 1.81. The Hall–Kier alpha value is -1.99. The fourth-order valence-corrected chi connectivity index (χ4v) is 4.48. The molecule has 150 valence electrons. The van der Waals surface area contributed by atoms with Crippen LogP contribution in [0, 0.1) is 6.92 Å². The van der Waals surface area contributed by atoms with Crippen LogP contribution >= 0.6 is 11.3 Å². The SMILES string of the molecule is CCCN(CC(O)COc1cc(C)c2sc3ccccc3c(=O)c2c1)C(C)O. The third-order valence-corrected chi connectivity index (χ3v) is 6.09. The standard InChI is InChI=1S/C22H27NO4S/c1-4-9-23(15(3)24)12-16(25)13-27-17-10-14(2)22-19(11-17)21(26)18-7-5-6-8-20(18)28-22/h5-8,10-11,15-16,24-25H,4,9,12-13H2,1-3H3. The maximum atomic E-state index is 12.9. The monoisotopic (exact) mass is 401 g/mol. The number of ether oxygens (including phenoxy) is 1. The first-order chi connectivity index (χ1) is 13.4. The highest BCUT2D eigenvalue weighted by Gasteiger charge is 2.16. The topological polar surface area (TPSA) is 70.0 Å². The fraction of sp³-hybridized carbons (Fsp3) is 0.409.